The van der Waals surface area contributed by atoms with E-state index in [1.54, 1.807) is 48.5 Å². The highest BCUT2D eigenvalue weighted by Crippen LogP contribution is 2.38. The number of methoxy groups -OCH3 is 1. The Morgan fingerprint density at radius 3 is 2.14 bits per heavy atom. The Labute approximate surface area is 175 Å². The Balaban J connectivity index is 2.56. The minimum atomic E-state index is -1.22. The number of halogens is 2. The van der Waals surface area contributed by atoms with E-state index in [0.717, 1.165) is 7.11 Å². The van der Waals surface area contributed by atoms with E-state index >= 15 is 4.39 Å². The van der Waals surface area contributed by atoms with Crippen LogP contribution in [0.25, 0.3) is 0 Å². The Morgan fingerprint density at radius 2 is 1.69 bits per heavy atom. The highest BCUT2D eigenvalue weighted by atomic mass is 35.5. The van der Waals surface area contributed by atoms with Crippen LogP contribution in [0.3, 0.4) is 0 Å². The average molecular weight is 430 g/mol. The molecule has 0 saturated carbocycles. The summed E-state index contributed by atoms with van der Waals surface area (Å²) >= 11 is 6.14. The normalized spacial score (nSPS) is 17.8. The maximum absolute atomic E-state index is 15.5. The smallest absolute Gasteiger partial charge is 0.465 e. The first-order chi connectivity index (χ1) is 13.1. The van der Waals surface area contributed by atoms with Gasteiger partial charge >= 0.3 is 19.2 Å². The molecule has 1 fully saturated rings. The topological polar surface area (TPSA) is 83.1 Å². The van der Waals surface area contributed by atoms with Gasteiger partial charge in [0.2, 0.25) is 0 Å². The number of esters is 1. The lowest BCUT2D eigenvalue weighted by molar-refractivity contribution is 0.00578. The fourth-order valence-electron chi connectivity index (χ4n) is 2.62. The average Bonchev–Trinajstić information content (AvgIpc) is 2.75. The van der Waals surface area contributed by atoms with E-state index in [1.165, 1.54) is 6.07 Å². The number of carbonyl (C=O) groups is 2. The summed E-state index contributed by atoms with van der Waals surface area (Å²) < 4.78 is 37.2. The standard InChI is InChI=1S/C19H26BClFNO6/c1-17(2,3)27-16(25)23-14-11(21)9-10(15(24)26-8)12(13(14)22)20-28-18(4,5)19(6,7)29-20/h9H,1-8H3,(H,23,25). The van der Waals surface area contributed by atoms with E-state index in [0.29, 0.717) is 0 Å². The molecule has 1 aliphatic heterocycles. The first-order valence-electron chi connectivity index (χ1n) is 9.05. The molecule has 1 N–H and O–H groups in total. The Bertz CT molecular complexity index is 821. The molecule has 29 heavy (non-hydrogen) atoms. The van der Waals surface area contributed by atoms with Crippen molar-refractivity contribution < 1.29 is 32.8 Å². The molecule has 0 radical (unpaired) electrons. The molecule has 0 unspecified atom stereocenters. The van der Waals surface area contributed by atoms with Crippen LogP contribution in [0.1, 0.15) is 58.8 Å². The lowest BCUT2D eigenvalue weighted by Gasteiger charge is -2.32. The van der Waals surface area contributed by atoms with Gasteiger partial charge < -0.3 is 18.8 Å². The molecule has 0 spiro atoms. The van der Waals surface area contributed by atoms with Gasteiger partial charge in [0.25, 0.3) is 0 Å². The van der Waals surface area contributed by atoms with Crippen LogP contribution in [0.4, 0.5) is 14.9 Å². The van der Waals surface area contributed by atoms with Crippen LogP contribution < -0.4 is 10.8 Å². The van der Waals surface area contributed by atoms with Crippen molar-refractivity contribution in [2.24, 2.45) is 0 Å². The summed E-state index contributed by atoms with van der Waals surface area (Å²) in [6.07, 6.45) is -0.899. The van der Waals surface area contributed by atoms with E-state index in [-0.39, 0.29) is 21.7 Å². The molecule has 0 aliphatic carbocycles. The molecular weight excluding hydrogens is 403 g/mol. The summed E-state index contributed by atoms with van der Waals surface area (Å²) in [5.74, 6) is -1.79. The number of nitrogens with one attached hydrogen (secondary N) is 1. The molecule has 0 aromatic heterocycles. The van der Waals surface area contributed by atoms with Gasteiger partial charge in [-0.1, -0.05) is 11.6 Å². The fourth-order valence-corrected chi connectivity index (χ4v) is 2.86. The zero-order valence-electron chi connectivity index (χ0n) is 17.9. The summed E-state index contributed by atoms with van der Waals surface area (Å²) in [5.41, 5.74) is -3.09. The summed E-state index contributed by atoms with van der Waals surface area (Å²) in [6.45, 7) is 12.2. The molecule has 1 aliphatic rings. The molecule has 0 bridgehead atoms. The van der Waals surface area contributed by atoms with Crippen LogP contribution in [0, 0.1) is 5.82 Å². The number of carbonyl (C=O) groups excluding carboxylic acids is 2. The largest absolute Gasteiger partial charge is 0.498 e. The van der Waals surface area contributed by atoms with Gasteiger partial charge in [0.05, 0.1) is 34.6 Å². The molecule has 1 amide bonds. The van der Waals surface area contributed by atoms with Gasteiger partial charge in [0.15, 0.2) is 0 Å². The lowest BCUT2D eigenvalue weighted by atomic mass is 9.75. The van der Waals surface area contributed by atoms with Crippen molar-refractivity contribution in [1.29, 1.82) is 0 Å². The molecule has 10 heteroatoms. The molecule has 1 heterocycles. The lowest BCUT2D eigenvalue weighted by Crippen LogP contribution is -2.41. The van der Waals surface area contributed by atoms with Crippen molar-refractivity contribution in [3.63, 3.8) is 0 Å². The van der Waals surface area contributed by atoms with Crippen LogP contribution >= 0.6 is 11.6 Å². The quantitative estimate of drug-likeness (QED) is 0.579. The first kappa shape index (κ1) is 23.4. The van der Waals surface area contributed by atoms with Gasteiger partial charge in [-0.05, 0) is 54.5 Å². The van der Waals surface area contributed by atoms with Crippen molar-refractivity contribution >= 4 is 41.9 Å². The third kappa shape index (κ3) is 4.84. The van der Waals surface area contributed by atoms with Crippen molar-refractivity contribution in [3.8, 4) is 0 Å². The predicted molar refractivity (Wildman–Crippen MR) is 108 cm³/mol. The molecular formula is C19H26BClFNO6. The third-order valence-electron chi connectivity index (χ3n) is 4.78. The number of hydrogen-bond donors (Lipinski definition) is 1. The van der Waals surface area contributed by atoms with E-state index < -0.39 is 41.8 Å². The summed E-state index contributed by atoms with van der Waals surface area (Å²) in [7, 11) is -0.0554. The van der Waals surface area contributed by atoms with Gasteiger partial charge in [-0.25, -0.2) is 14.0 Å². The third-order valence-corrected chi connectivity index (χ3v) is 5.07. The minimum absolute atomic E-state index is 0.164. The Kier molecular flexibility index (Phi) is 6.29. The van der Waals surface area contributed by atoms with E-state index in [9.17, 15) is 9.59 Å². The number of benzene rings is 1. The second-order valence-electron chi connectivity index (χ2n) is 8.72. The number of hydrogen-bond acceptors (Lipinski definition) is 6. The van der Waals surface area contributed by atoms with Crippen LogP contribution in [-0.2, 0) is 18.8 Å². The maximum atomic E-state index is 15.5. The monoisotopic (exact) mass is 429 g/mol. The van der Waals surface area contributed by atoms with Crippen molar-refractivity contribution in [3.05, 3.63) is 22.5 Å². The number of ether oxygens (including phenoxy) is 2. The fraction of sp³-hybridized carbons (Fsp3) is 0.579. The van der Waals surface area contributed by atoms with Gasteiger partial charge in [0.1, 0.15) is 11.4 Å². The molecule has 1 aromatic rings. The van der Waals surface area contributed by atoms with Gasteiger partial charge in [-0.3, -0.25) is 5.32 Å². The zero-order valence-corrected chi connectivity index (χ0v) is 18.6. The van der Waals surface area contributed by atoms with E-state index in [4.69, 9.17) is 30.4 Å². The number of amides is 1. The van der Waals surface area contributed by atoms with E-state index in [1.807, 2.05) is 0 Å². The SMILES string of the molecule is COC(=O)c1cc(Cl)c(NC(=O)OC(C)(C)C)c(F)c1B1OC(C)(C)C(C)(C)O1. The van der Waals surface area contributed by atoms with Crippen molar-refractivity contribution in [2.45, 2.75) is 65.3 Å². The molecule has 0 atom stereocenters. The summed E-state index contributed by atoms with van der Waals surface area (Å²) in [6, 6.07) is 1.20. The number of anilines is 1. The highest BCUT2D eigenvalue weighted by molar-refractivity contribution is 6.64. The predicted octanol–water partition coefficient (Wildman–Crippen LogP) is 3.91. The zero-order chi connectivity index (χ0) is 22.4. The maximum Gasteiger partial charge on any atom is 0.498 e. The second-order valence-corrected chi connectivity index (χ2v) is 9.12. The van der Waals surface area contributed by atoms with Crippen LogP contribution in [-0.4, -0.2) is 43.1 Å². The molecule has 160 valence electrons. The van der Waals surface area contributed by atoms with Gasteiger partial charge in [-0.15, -0.1) is 0 Å². The van der Waals surface area contributed by atoms with Crippen molar-refractivity contribution in [2.75, 3.05) is 12.4 Å². The molecule has 1 aromatic carbocycles. The Morgan fingerprint density at radius 1 is 1.17 bits per heavy atom. The van der Waals surface area contributed by atoms with Crippen LogP contribution in [0.15, 0.2) is 6.07 Å². The van der Waals surface area contributed by atoms with Gasteiger partial charge in [0, 0.05) is 5.46 Å². The second kappa shape index (κ2) is 7.77. The minimum Gasteiger partial charge on any atom is -0.465 e. The number of rotatable bonds is 3. The van der Waals surface area contributed by atoms with E-state index in [2.05, 4.69) is 5.32 Å². The summed E-state index contributed by atoms with van der Waals surface area (Å²) in [4.78, 5) is 24.4. The molecule has 7 nitrogen and oxygen atoms in total. The highest BCUT2D eigenvalue weighted by Gasteiger charge is 2.54. The first-order valence-corrected chi connectivity index (χ1v) is 9.43. The van der Waals surface area contributed by atoms with Crippen LogP contribution in [0.5, 0.6) is 0 Å². The Hall–Kier alpha value is -1.84. The van der Waals surface area contributed by atoms with Crippen LogP contribution in [0.2, 0.25) is 5.02 Å². The van der Waals surface area contributed by atoms with Crippen molar-refractivity contribution in [1.82, 2.24) is 0 Å². The molecule has 2 rings (SSSR count). The van der Waals surface area contributed by atoms with Gasteiger partial charge in [-0.2, -0.15) is 0 Å². The summed E-state index contributed by atoms with van der Waals surface area (Å²) in [5, 5.41) is 2.09. The molecule has 1 saturated heterocycles.